The van der Waals surface area contributed by atoms with Crippen LogP contribution in [0.3, 0.4) is 0 Å². The van der Waals surface area contributed by atoms with E-state index in [1.54, 1.807) is 0 Å². The highest BCUT2D eigenvalue weighted by atomic mass is 35.5. The van der Waals surface area contributed by atoms with Crippen LogP contribution in [0.4, 0.5) is 0 Å². The zero-order valence-corrected chi connectivity index (χ0v) is 15.6. The van der Waals surface area contributed by atoms with Gasteiger partial charge in [-0.25, -0.2) is 0 Å². The second-order valence-electron chi connectivity index (χ2n) is 7.55. The lowest BCUT2D eigenvalue weighted by Gasteiger charge is -2.33. The summed E-state index contributed by atoms with van der Waals surface area (Å²) >= 11 is 6.00. The van der Waals surface area contributed by atoms with E-state index in [0.717, 1.165) is 31.0 Å². The van der Waals surface area contributed by atoms with Crippen LogP contribution in [0, 0.1) is 11.8 Å². The topological polar surface area (TPSA) is 32.3 Å². The Bertz CT molecular complexity index is 549. The van der Waals surface area contributed by atoms with E-state index in [9.17, 15) is 4.79 Å². The Morgan fingerprint density at radius 3 is 2.54 bits per heavy atom. The molecule has 3 rings (SSSR count). The molecule has 0 bridgehead atoms. The molecule has 3 nitrogen and oxygen atoms in total. The number of piperidine rings is 1. The second kappa shape index (κ2) is 7.88. The second-order valence-corrected chi connectivity index (χ2v) is 7.98. The molecule has 1 heterocycles. The van der Waals surface area contributed by atoms with Crippen LogP contribution in [0.15, 0.2) is 24.3 Å². The number of nitrogens with one attached hydrogen (secondary N) is 1. The van der Waals surface area contributed by atoms with Crippen LogP contribution in [0.5, 0.6) is 0 Å². The number of benzene rings is 1. The van der Waals surface area contributed by atoms with Crippen molar-refractivity contribution in [2.24, 2.45) is 11.8 Å². The number of rotatable bonds is 6. The fraction of sp³-hybridized carbons (Fsp3) is 0.650. The Morgan fingerprint density at radius 2 is 1.96 bits per heavy atom. The van der Waals surface area contributed by atoms with Crippen molar-refractivity contribution < 1.29 is 4.79 Å². The van der Waals surface area contributed by atoms with Gasteiger partial charge in [0, 0.05) is 17.5 Å². The largest absolute Gasteiger partial charge is 0.333 e. The highest BCUT2D eigenvalue weighted by molar-refractivity contribution is 6.30. The van der Waals surface area contributed by atoms with Crippen LogP contribution in [0.25, 0.3) is 0 Å². The third-order valence-electron chi connectivity index (χ3n) is 5.63. The standard InChI is InChI=1S/C20H29ClN2O/c1-14(17-4-3-11-22-13-17)12-20(24)23(19-9-10-19)15(2)16-5-7-18(21)8-6-16/h5-8,14-15,17,19,22H,3-4,9-13H2,1-2H3. The quantitative estimate of drug-likeness (QED) is 0.825. The fourth-order valence-corrected chi connectivity index (χ4v) is 4.03. The molecule has 1 aromatic carbocycles. The molecule has 24 heavy (non-hydrogen) atoms. The van der Waals surface area contributed by atoms with Crippen LogP contribution in [0.2, 0.25) is 5.02 Å². The summed E-state index contributed by atoms with van der Waals surface area (Å²) < 4.78 is 0. The normalized spacial score (nSPS) is 23.5. The van der Waals surface area contributed by atoms with Crippen molar-refractivity contribution in [3.05, 3.63) is 34.9 Å². The SMILES string of the molecule is CC(CC(=O)N(C1CC1)C(C)c1ccc(Cl)cc1)C1CCCNC1. The number of nitrogens with zero attached hydrogens (tertiary/aromatic N) is 1. The summed E-state index contributed by atoms with van der Waals surface area (Å²) in [5.74, 6) is 1.40. The molecule has 1 aromatic rings. The number of amides is 1. The van der Waals surface area contributed by atoms with Crippen LogP contribution >= 0.6 is 11.6 Å². The van der Waals surface area contributed by atoms with Crippen LogP contribution in [-0.4, -0.2) is 29.9 Å². The average molecular weight is 349 g/mol. The van der Waals surface area contributed by atoms with Crippen LogP contribution < -0.4 is 5.32 Å². The first-order chi connectivity index (χ1) is 11.6. The summed E-state index contributed by atoms with van der Waals surface area (Å²) in [5, 5.41) is 4.21. The van der Waals surface area contributed by atoms with Crippen molar-refractivity contribution in [1.29, 1.82) is 0 Å². The van der Waals surface area contributed by atoms with E-state index in [0.29, 0.717) is 30.2 Å². The van der Waals surface area contributed by atoms with Gasteiger partial charge in [-0.2, -0.15) is 0 Å². The zero-order chi connectivity index (χ0) is 17.1. The lowest BCUT2D eigenvalue weighted by atomic mass is 9.85. The summed E-state index contributed by atoms with van der Waals surface area (Å²) in [7, 11) is 0. The molecule has 1 saturated heterocycles. The molecule has 1 amide bonds. The van der Waals surface area contributed by atoms with Crippen molar-refractivity contribution in [1.82, 2.24) is 10.2 Å². The molecule has 2 fully saturated rings. The van der Waals surface area contributed by atoms with Gasteiger partial charge in [-0.1, -0.05) is 30.7 Å². The minimum atomic E-state index is 0.124. The summed E-state index contributed by atoms with van der Waals surface area (Å²) in [4.78, 5) is 15.2. The van der Waals surface area contributed by atoms with Crippen LogP contribution in [-0.2, 0) is 4.79 Å². The predicted molar refractivity (Wildman–Crippen MR) is 99.1 cm³/mol. The van der Waals surface area contributed by atoms with Gasteiger partial charge in [0.15, 0.2) is 0 Å². The van der Waals surface area contributed by atoms with E-state index in [1.807, 2.05) is 24.3 Å². The van der Waals surface area contributed by atoms with E-state index in [-0.39, 0.29) is 6.04 Å². The summed E-state index contributed by atoms with van der Waals surface area (Å²) in [6.07, 6.45) is 5.43. The number of carbonyl (C=O) groups excluding carboxylic acids is 1. The minimum Gasteiger partial charge on any atom is -0.333 e. The van der Waals surface area contributed by atoms with Gasteiger partial charge in [-0.3, -0.25) is 4.79 Å². The van der Waals surface area contributed by atoms with Gasteiger partial charge >= 0.3 is 0 Å². The van der Waals surface area contributed by atoms with E-state index < -0.39 is 0 Å². The lowest BCUT2D eigenvalue weighted by molar-refractivity contribution is -0.135. The maximum absolute atomic E-state index is 13.0. The van der Waals surface area contributed by atoms with Crippen molar-refractivity contribution in [3.63, 3.8) is 0 Å². The Labute approximate surface area is 150 Å². The van der Waals surface area contributed by atoms with E-state index >= 15 is 0 Å². The number of carbonyl (C=O) groups is 1. The minimum absolute atomic E-state index is 0.124. The first-order valence-corrected chi connectivity index (χ1v) is 9.71. The van der Waals surface area contributed by atoms with Crippen molar-refractivity contribution >= 4 is 17.5 Å². The highest BCUT2D eigenvalue weighted by Crippen LogP contribution is 2.36. The predicted octanol–water partition coefficient (Wildman–Crippen LogP) is 4.42. The first kappa shape index (κ1) is 17.8. The Morgan fingerprint density at radius 1 is 1.25 bits per heavy atom. The smallest absolute Gasteiger partial charge is 0.223 e. The Hall–Kier alpha value is -1.06. The molecule has 3 unspecified atom stereocenters. The molecular weight excluding hydrogens is 320 g/mol. The Kier molecular flexibility index (Phi) is 5.83. The van der Waals surface area contributed by atoms with Crippen molar-refractivity contribution in [3.8, 4) is 0 Å². The molecule has 2 aliphatic rings. The maximum Gasteiger partial charge on any atom is 0.223 e. The maximum atomic E-state index is 13.0. The summed E-state index contributed by atoms with van der Waals surface area (Å²) in [6.45, 7) is 6.57. The fourth-order valence-electron chi connectivity index (χ4n) is 3.90. The van der Waals surface area contributed by atoms with Gasteiger partial charge in [0.2, 0.25) is 5.91 Å². The molecular formula is C20H29ClN2O. The third-order valence-corrected chi connectivity index (χ3v) is 5.89. The molecule has 3 atom stereocenters. The van der Waals surface area contributed by atoms with Crippen molar-refractivity contribution in [2.45, 2.75) is 58.0 Å². The van der Waals surface area contributed by atoms with Gasteiger partial charge in [-0.05, 0) is 75.2 Å². The molecule has 1 aliphatic carbocycles. The van der Waals surface area contributed by atoms with E-state index in [4.69, 9.17) is 11.6 Å². The number of hydrogen-bond donors (Lipinski definition) is 1. The highest BCUT2D eigenvalue weighted by Gasteiger charge is 2.37. The molecule has 1 aliphatic heterocycles. The molecule has 0 aromatic heterocycles. The summed E-state index contributed by atoms with van der Waals surface area (Å²) in [6, 6.07) is 8.48. The van der Waals surface area contributed by atoms with Gasteiger partial charge < -0.3 is 10.2 Å². The number of hydrogen-bond acceptors (Lipinski definition) is 2. The molecule has 4 heteroatoms. The van der Waals surface area contributed by atoms with Crippen molar-refractivity contribution in [2.75, 3.05) is 13.1 Å². The lowest BCUT2D eigenvalue weighted by Crippen LogP contribution is -2.39. The molecule has 0 spiro atoms. The van der Waals surface area contributed by atoms with E-state index in [1.165, 1.54) is 18.4 Å². The Balaban J connectivity index is 1.66. The zero-order valence-electron chi connectivity index (χ0n) is 14.8. The summed E-state index contributed by atoms with van der Waals surface area (Å²) in [5.41, 5.74) is 1.17. The van der Waals surface area contributed by atoms with E-state index in [2.05, 4.69) is 24.1 Å². The average Bonchev–Trinajstić information content (AvgIpc) is 3.41. The first-order valence-electron chi connectivity index (χ1n) is 9.33. The molecule has 1 saturated carbocycles. The monoisotopic (exact) mass is 348 g/mol. The number of halogens is 1. The van der Waals surface area contributed by atoms with Gasteiger partial charge in [-0.15, -0.1) is 0 Å². The molecule has 1 N–H and O–H groups in total. The van der Waals surface area contributed by atoms with Gasteiger partial charge in [0.1, 0.15) is 0 Å². The third kappa shape index (κ3) is 4.31. The van der Waals surface area contributed by atoms with Gasteiger partial charge in [0.05, 0.1) is 6.04 Å². The molecule has 0 radical (unpaired) electrons. The molecule has 132 valence electrons. The van der Waals surface area contributed by atoms with Crippen LogP contribution in [0.1, 0.15) is 57.6 Å². The van der Waals surface area contributed by atoms with Gasteiger partial charge in [0.25, 0.3) is 0 Å².